The van der Waals surface area contributed by atoms with Crippen molar-refractivity contribution in [2.45, 2.75) is 0 Å². The Morgan fingerprint density at radius 3 is 2.47 bits per heavy atom. The Morgan fingerprint density at radius 2 is 1.89 bits per heavy atom. The first-order valence-electron chi connectivity index (χ1n) is 6.16. The summed E-state index contributed by atoms with van der Waals surface area (Å²) < 4.78 is 27.2. The minimum atomic E-state index is -1.12. The standard InChI is InChI=1S/C12H13F2N3O2/c13-9-1-2-10(17(18)19)12(11(9)14)16-5-7-3-15-4-8(7)6-16/h1-2,7-8,15H,3-6H2. The maximum atomic E-state index is 13.9. The van der Waals surface area contributed by atoms with E-state index in [9.17, 15) is 18.9 Å². The van der Waals surface area contributed by atoms with Gasteiger partial charge in [-0.25, -0.2) is 8.78 Å². The summed E-state index contributed by atoms with van der Waals surface area (Å²) in [4.78, 5) is 11.9. The van der Waals surface area contributed by atoms with E-state index in [-0.39, 0.29) is 11.4 Å². The Hall–Kier alpha value is -1.76. The third-order valence-corrected chi connectivity index (χ3v) is 3.95. The van der Waals surface area contributed by atoms with Gasteiger partial charge >= 0.3 is 0 Å². The molecule has 1 aromatic rings. The van der Waals surface area contributed by atoms with E-state index in [1.807, 2.05) is 0 Å². The fraction of sp³-hybridized carbons (Fsp3) is 0.500. The Balaban J connectivity index is 2.00. The molecule has 102 valence electrons. The summed E-state index contributed by atoms with van der Waals surface area (Å²) in [6.07, 6.45) is 0. The Kier molecular flexibility index (Phi) is 2.85. The number of halogens is 2. The lowest BCUT2D eigenvalue weighted by molar-refractivity contribution is -0.384. The van der Waals surface area contributed by atoms with E-state index in [0.29, 0.717) is 24.9 Å². The molecule has 2 atom stereocenters. The highest BCUT2D eigenvalue weighted by atomic mass is 19.2. The normalized spacial score (nSPS) is 25.7. The fourth-order valence-electron chi connectivity index (χ4n) is 3.02. The van der Waals surface area contributed by atoms with Gasteiger partial charge in [-0.1, -0.05) is 0 Å². The van der Waals surface area contributed by atoms with Gasteiger partial charge in [-0.15, -0.1) is 0 Å². The maximum absolute atomic E-state index is 13.9. The molecule has 1 N–H and O–H groups in total. The van der Waals surface area contributed by atoms with Crippen LogP contribution in [-0.4, -0.2) is 31.1 Å². The maximum Gasteiger partial charge on any atom is 0.295 e. The van der Waals surface area contributed by atoms with Gasteiger partial charge in [0, 0.05) is 32.2 Å². The second-order valence-corrected chi connectivity index (χ2v) is 5.07. The molecule has 2 aliphatic heterocycles. The zero-order chi connectivity index (χ0) is 13.6. The SMILES string of the molecule is O=[N+]([O-])c1ccc(F)c(F)c1N1CC2CNCC2C1. The smallest absolute Gasteiger partial charge is 0.295 e. The van der Waals surface area contributed by atoms with Gasteiger partial charge in [0.1, 0.15) is 0 Å². The van der Waals surface area contributed by atoms with E-state index < -0.39 is 16.6 Å². The first-order chi connectivity index (χ1) is 9.08. The molecule has 0 spiro atoms. The molecule has 0 radical (unpaired) electrons. The van der Waals surface area contributed by atoms with E-state index in [1.54, 1.807) is 4.90 Å². The predicted octanol–water partition coefficient (Wildman–Crippen LogP) is 1.53. The molecule has 2 saturated heterocycles. The van der Waals surface area contributed by atoms with Gasteiger partial charge in [0.2, 0.25) is 0 Å². The van der Waals surface area contributed by atoms with E-state index in [4.69, 9.17) is 0 Å². The van der Waals surface area contributed by atoms with Gasteiger partial charge in [-0.05, 0) is 17.9 Å². The number of nitro benzene ring substituents is 1. The molecule has 0 aromatic heterocycles. The number of nitro groups is 1. The van der Waals surface area contributed by atoms with Gasteiger partial charge in [0.15, 0.2) is 17.3 Å². The molecule has 19 heavy (non-hydrogen) atoms. The van der Waals surface area contributed by atoms with Crippen LogP contribution in [0.25, 0.3) is 0 Å². The van der Waals surface area contributed by atoms with Crippen molar-refractivity contribution in [2.75, 3.05) is 31.1 Å². The third-order valence-electron chi connectivity index (χ3n) is 3.95. The van der Waals surface area contributed by atoms with Gasteiger partial charge in [0.05, 0.1) is 4.92 Å². The Bertz CT molecular complexity index is 526. The molecular formula is C12H13F2N3O2. The highest BCUT2D eigenvalue weighted by Gasteiger charge is 2.39. The lowest BCUT2D eigenvalue weighted by atomic mass is 10.0. The van der Waals surface area contributed by atoms with Crippen molar-refractivity contribution in [3.63, 3.8) is 0 Å². The van der Waals surface area contributed by atoms with Gasteiger partial charge in [0.25, 0.3) is 5.69 Å². The van der Waals surface area contributed by atoms with Crippen molar-refractivity contribution in [1.29, 1.82) is 0 Å². The topological polar surface area (TPSA) is 58.4 Å². The summed E-state index contributed by atoms with van der Waals surface area (Å²) in [7, 11) is 0. The van der Waals surface area contributed by atoms with Crippen LogP contribution in [0.5, 0.6) is 0 Å². The van der Waals surface area contributed by atoms with Crippen LogP contribution in [0.3, 0.4) is 0 Å². The van der Waals surface area contributed by atoms with Crippen LogP contribution in [-0.2, 0) is 0 Å². The Labute approximate surface area is 108 Å². The second kappa shape index (κ2) is 4.41. The van der Waals surface area contributed by atoms with Crippen LogP contribution >= 0.6 is 0 Å². The number of hydrogen-bond acceptors (Lipinski definition) is 4. The Morgan fingerprint density at radius 1 is 1.26 bits per heavy atom. The van der Waals surface area contributed by atoms with E-state index >= 15 is 0 Å². The van der Waals surface area contributed by atoms with Crippen LogP contribution in [0.1, 0.15) is 0 Å². The largest absolute Gasteiger partial charge is 0.363 e. The molecule has 2 unspecified atom stereocenters. The molecule has 2 fully saturated rings. The van der Waals surface area contributed by atoms with Crippen LogP contribution in [0.15, 0.2) is 12.1 Å². The molecule has 5 nitrogen and oxygen atoms in total. The van der Waals surface area contributed by atoms with E-state index in [2.05, 4.69) is 5.32 Å². The van der Waals surface area contributed by atoms with E-state index in [1.165, 1.54) is 0 Å². The molecule has 7 heteroatoms. The second-order valence-electron chi connectivity index (χ2n) is 5.07. The first kappa shape index (κ1) is 12.3. The fourth-order valence-corrected chi connectivity index (χ4v) is 3.02. The lowest BCUT2D eigenvalue weighted by Crippen LogP contribution is -2.27. The molecule has 0 amide bonds. The molecule has 2 aliphatic rings. The minimum Gasteiger partial charge on any atom is -0.363 e. The van der Waals surface area contributed by atoms with E-state index in [0.717, 1.165) is 25.2 Å². The van der Waals surface area contributed by atoms with Crippen LogP contribution < -0.4 is 10.2 Å². The third kappa shape index (κ3) is 1.94. The average Bonchev–Trinajstić information content (AvgIpc) is 2.92. The predicted molar refractivity (Wildman–Crippen MR) is 65.1 cm³/mol. The molecule has 0 bridgehead atoms. The monoisotopic (exact) mass is 269 g/mol. The number of nitrogens with zero attached hydrogens (tertiary/aromatic N) is 2. The highest BCUT2D eigenvalue weighted by Crippen LogP contribution is 2.38. The van der Waals surface area contributed by atoms with Gasteiger partial charge < -0.3 is 10.2 Å². The van der Waals surface area contributed by atoms with Crippen molar-refractivity contribution in [3.05, 3.63) is 33.9 Å². The molecule has 0 aliphatic carbocycles. The van der Waals surface area contributed by atoms with Crippen molar-refractivity contribution >= 4 is 11.4 Å². The van der Waals surface area contributed by atoms with Crippen LogP contribution in [0, 0.1) is 33.6 Å². The van der Waals surface area contributed by atoms with Crippen molar-refractivity contribution < 1.29 is 13.7 Å². The number of anilines is 1. The zero-order valence-corrected chi connectivity index (χ0v) is 10.1. The summed E-state index contributed by atoms with van der Waals surface area (Å²) in [5.74, 6) is -1.47. The van der Waals surface area contributed by atoms with Crippen LogP contribution in [0.2, 0.25) is 0 Å². The molecule has 0 saturated carbocycles. The quantitative estimate of drug-likeness (QED) is 0.653. The lowest BCUT2D eigenvalue weighted by Gasteiger charge is -2.20. The summed E-state index contributed by atoms with van der Waals surface area (Å²) in [6.45, 7) is 2.70. The summed E-state index contributed by atoms with van der Waals surface area (Å²) in [6, 6.07) is 1.83. The number of nitrogens with one attached hydrogen (secondary N) is 1. The number of fused-ring (bicyclic) bond motifs is 1. The van der Waals surface area contributed by atoms with Crippen molar-refractivity contribution in [2.24, 2.45) is 11.8 Å². The number of hydrogen-bond donors (Lipinski definition) is 1. The summed E-state index contributed by atoms with van der Waals surface area (Å²) >= 11 is 0. The number of rotatable bonds is 2. The van der Waals surface area contributed by atoms with Gasteiger partial charge in [-0.3, -0.25) is 10.1 Å². The highest BCUT2D eigenvalue weighted by molar-refractivity contribution is 5.65. The molecule has 1 aromatic carbocycles. The average molecular weight is 269 g/mol. The summed E-state index contributed by atoms with van der Waals surface area (Å²) in [5.41, 5.74) is -0.578. The molecular weight excluding hydrogens is 256 g/mol. The zero-order valence-electron chi connectivity index (χ0n) is 10.1. The van der Waals surface area contributed by atoms with Crippen LogP contribution in [0.4, 0.5) is 20.2 Å². The molecule has 2 heterocycles. The minimum absolute atomic E-state index is 0.209. The number of benzene rings is 1. The van der Waals surface area contributed by atoms with Gasteiger partial charge in [-0.2, -0.15) is 0 Å². The first-order valence-corrected chi connectivity index (χ1v) is 6.16. The van der Waals surface area contributed by atoms with Crippen molar-refractivity contribution in [3.8, 4) is 0 Å². The molecule has 3 rings (SSSR count). The van der Waals surface area contributed by atoms with Crippen molar-refractivity contribution in [1.82, 2.24) is 5.32 Å². The summed E-state index contributed by atoms with van der Waals surface area (Å²) in [5, 5.41) is 14.2.